The standard InChI is InChI=1S/C17H20BrNOS/c1-3-16(19)17(12-5-4-6-14(11-12)20-2)21-15-9-7-13(18)8-10-15/h4-11,16-17H,3,19H2,1-2H3. The molecule has 0 aromatic heterocycles. The monoisotopic (exact) mass is 365 g/mol. The molecule has 2 nitrogen and oxygen atoms in total. The molecule has 0 aliphatic rings. The maximum absolute atomic E-state index is 6.35. The van der Waals surface area contributed by atoms with Crippen LogP contribution < -0.4 is 10.5 Å². The van der Waals surface area contributed by atoms with E-state index in [-0.39, 0.29) is 11.3 Å². The fourth-order valence-corrected chi connectivity index (χ4v) is 3.60. The van der Waals surface area contributed by atoms with E-state index < -0.39 is 0 Å². The first-order chi connectivity index (χ1) is 10.1. The van der Waals surface area contributed by atoms with Crippen molar-refractivity contribution in [3.63, 3.8) is 0 Å². The zero-order valence-corrected chi connectivity index (χ0v) is 14.7. The topological polar surface area (TPSA) is 35.2 Å². The Kier molecular flexibility index (Phi) is 6.15. The molecule has 0 fully saturated rings. The largest absolute Gasteiger partial charge is 0.497 e. The first-order valence-corrected chi connectivity index (χ1v) is 8.63. The van der Waals surface area contributed by atoms with Gasteiger partial charge in [0, 0.05) is 20.7 Å². The van der Waals surface area contributed by atoms with E-state index in [4.69, 9.17) is 10.5 Å². The fraction of sp³-hybridized carbons (Fsp3) is 0.294. The van der Waals surface area contributed by atoms with E-state index in [0.29, 0.717) is 0 Å². The highest BCUT2D eigenvalue weighted by Crippen LogP contribution is 2.39. The van der Waals surface area contributed by atoms with Crippen molar-refractivity contribution in [3.8, 4) is 5.75 Å². The van der Waals surface area contributed by atoms with Crippen LogP contribution in [0, 0.1) is 0 Å². The van der Waals surface area contributed by atoms with Crippen LogP contribution in [0.5, 0.6) is 5.75 Å². The van der Waals surface area contributed by atoms with Gasteiger partial charge < -0.3 is 10.5 Å². The zero-order valence-electron chi connectivity index (χ0n) is 12.3. The molecule has 2 rings (SSSR count). The Labute approximate surface area is 139 Å². The van der Waals surface area contributed by atoms with Gasteiger partial charge in [0.15, 0.2) is 0 Å². The molecule has 0 aliphatic carbocycles. The van der Waals surface area contributed by atoms with E-state index in [1.54, 1.807) is 18.9 Å². The summed E-state index contributed by atoms with van der Waals surface area (Å²) in [6.07, 6.45) is 0.936. The van der Waals surface area contributed by atoms with Gasteiger partial charge in [-0.15, -0.1) is 11.8 Å². The van der Waals surface area contributed by atoms with Crippen LogP contribution in [0.15, 0.2) is 57.9 Å². The SMILES string of the molecule is CCC(N)C(Sc1ccc(Br)cc1)c1cccc(OC)c1. The van der Waals surface area contributed by atoms with Crippen molar-refractivity contribution in [1.29, 1.82) is 0 Å². The van der Waals surface area contributed by atoms with Crippen LogP contribution in [0.3, 0.4) is 0 Å². The quantitative estimate of drug-likeness (QED) is 0.729. The van der Waals surface area contributed by atoms with Crippen molar-refractivity contribution in [2.45, 2.75) is 29.5 Å². The van der Waals surface area contributed by atoms with Crippen LogP contribution in [-0.4, -0.2) is 13.2 Å². The van der Waals surface area contributed by atoms with Gasteiger partial charge in [-0.1, -0.05) is 35.0 Å². The van der Waals surface area contributed by atoms with E-state index in [1.165, 1.54) is 10.5 Å². The predicted molar refractivity (Wildman–Crippen MR) is 94.0 cm³/mol. The minimum atomic E-state index is 0.103. The molecule has 2 N–H and O–H groups in total. The Bertz CT molecular complexity index is 573. The third-order valence-electron chi connectivity index (χ3n) is 3.36. The summed E-state index contributed by atoms with van der Waals surface area (Å²) in [7, 11) is 1.69. The maximum atomic E-state index is 6.35. The van der Waals surface area contributed by atoms with Gasteiger partial charge in [-0.25, -0.2) is 0 Å². The summed E-state index contributed by atoms with van der Waals surface area (Å²) in [5.41, 5.74) is 7.55. The van der Waals surface area contributed by atoms with Gasteiger partial charge in [-0.2, -0.15) is 0 Å². The minimum absolute atomic E-state index is 0.103. The van der Waals surface area contributed by atoms with E-state index in [9.17, 15) is 0 Å². The molecule has 2 aromatic carbocycles. The zero-order chi connectivity index (χ0) is 15.2. The number of halogens is 1. The number of hydrogen-bond donors (Lipinski definition) is 1. The highest BCUT2D eigenvalue weighted by atomic mass is 79.9. The second-order valence-corrected chi connectivity index (χ2v) is 6.97. The van der Waals surface area contributed by atoms with Gasteiger partial charge in [0.2, 0.25) is 0 Å². The normalized spacial score (nSPS) is 13.7. The molecule has 112 valence electrons. The number of nitrogens with two attached hydrogens (primary N) is 1. The van der Waals surface area contributed by atoms with Crippen molar-refractivity contribution in [2.75, 3.05) is 7.11 Å². The second-order valence-electron chi connectivity index (χ2n) is 4.84. The molecule has 0 heterocycles. The number of thioether (sulfide) groups is 1. The van der Waals surface area contributed by atoms with Crippen molar-refractivity contribution < 1.29 is 4.74 Å². The molecule has 0 saturated carbocycles. The molecule has 0 bridgehead atoms. The molecule has 0 aliphatic heterocycles. The van der Waals surface area contributed by atoms with Gasteiger partial charge >= 0.3 is 0 Å². The lowest BCUT2D eigenvalue weighted by Gasteiger charge is -2.23. The molecule has 0 spiro atoms. The Balaban J connectivity index is 2.27. The number of hydrogen-bond acceptors (Lipinski definition) is 3. The van der Waals surface area contributed by atoms with Crippen molar-refractivity contribution in [3.05, 3.63) is 58.6 Å². The summed E-state index contributed by atoms with van der Waals surface area (Å²) < 4.78 is 6.42. The Hall–Kier alpha value is -0.970. The van der Waals surface area contributed by atoms with Crippen LogP contribution in [0.1, 0.15) is 24.2 Å². The van der Waals surface area contributed by atoms with Crippen LogP contribution in [0.2, 0.25) is 0 Å². The Morgan fingerprint density at radius 2 is 1.90 bits per heavy atom. The third-order valence-corrected chi connectivity index (χ3v) is 5.31. The van der Waals surface area contributed by atoms with Crippen LogP contribution >= 0.6 is 27.7 Å². The molecule has 0 amide bonds. The average Bonchev–Trinajstić information content (AvgIpc) is 2.53. The predicted octanol–water partition coefficient (Wildman–Crippen LogP) is 5.03. The summed E-state index contributed by atoms with van der Waals surface area (Å²) in [6.45, 7) is 2.12. The van der Waals surface area contributed by atoms with Gasteiger partial charge in [0.05, 0.1) is 7.11 Å². The van der Waals surface area contributed by atoms with Crippen LogP contribution in [0.25, 0.3) is 0 Å². The number of benzene rings is 2. The molecule has 2 unspecified atom stereocenters. The third kappa shape index (κ3) is 4.50. The molecule has 0 saturated heterocycles. The summed E-state index contributed by atoms with van der Waals surface area (Å²) in [5.74, 6) is 0.872. The van der Waals surface area contributed by atoms with E-state index in [1.807, 2.05) is 12.1 Å². The molecule has 21 heavy (non-hydrogen) atoms. The number of rotatable bonds is 6. The molecule has 2 aromatic rings. The minimum Gasteiger partial charge on any atom is -0.497 e. The molecular weight excluding hydrogens is 346 g/mol. The average molecular weight is 366 g/mol. The lowest BCUT2D eigenvalue weighted by atomic mass is 10.0. The van der Waals surface area contributed by atoms with Gasteiger partial charge in [0.25, 0.3) is 0 Å². The van der Waals surface area contributed by atoms with Crippen LogP contribution in [-0.2, 0) is 0 Å². The second kappa shape index (κ2) is 7.87. The first kappa shape index (κ1) is 16.4. The van der Waals surface area contributed by atoms with E-state index >= 15 is 0 Å². The highest BCUT2D eigenvalue weighted by molar-refractivity contribution is 9.10. The summed E-state index contributed by atoms with van der Waals surface area (Å²) >= 11 is 5.27. The van der Waals surface area contributed by atoms with Crippen molar-refractivity contribution in [2.24, 2.45) is 5.73 Å². The number of ether oxygens (including phenoxy) is 1. The molecule has 2 atom stereocenters. The Morgan fingerprint density at radius 3 is 2.52 bits per heavy atom. The van der Waals surface area contributed by atoms with Crippen molar-refractivity contribution in [1.82, 2.24) is 0 Å². The number of methoxy groups -OCH3 is 1. The molecule has 4 heteroatoms. The van der Waals surface area contributed by atoms with Crippen LogP contribution in [0.4, 0.5) is 0 Å². The Morgan fingerprint density at radius 1 is 1.19 bits per heavy atom. The summed E-state index contributed by atoms with van der Waals surface area (Å²) in [4.78, 5) is 1.22. The van der Waals surface area contributed by atoms with E-state index in [0.717, 1.165) is 16.6 Å². The van der Waals surface area contributed by atoms with Gasteiger partial charge in [-0.3, -0.25) is 0 Å². The summed E-state index contributed by atoms with van der Waals surface area (Å²) in [6, 6.07) is 16.6. The van der Waals surface area contributed by atoms with Gasteiger partial charge in [0.1, 0.15) is 5.75 Å². The fourth-order valence-electron chi connectivity index (χ4n) is 2.09. The molecular formula is C17H20BrNOS. The smallest absolute Gasteiger partial charge is 0.119 e. The van der Waals surface area contributed by atoms with Gasteiger partial charge in [-0.05, 0) is 48.4 Å². The highest BCUT2D eigenvalue weighted by Gasteiger charge is 2.20. The first-order valence-electron chi connectivity index (χ1n) is 6.95. The lowest BCUT2D eigenvalue weighted by Crippen LogP contribution is -2.25. The molecule has 0 radical (unpaired) electrons. The van der Waals surface area contributed by atoms with E-state index in [2.05, 4.69) is 59.3 Å². The van der Waals surface area contributed by atoms with Crippen molar-refractivity contribution >= 4 is 27.7 Å². The maximum Gasteiger partial charge on any atom is 0.119 e. The summed E-state index contributed by atoms with van der Waals surface area (Å²) in [5, 5.41) is 0.214. The lowest BCUT2D eigenvalue weighted by molar-refractivity contribution is 0.414.